The predicted octanol–water partition coefficient (Wildman–Crippen LogP) is 3.73. The van der Waals surface area contributed by atoms with Gasteiger partial charge in [-0.05, 0) is 42.9 Å². The topological polar surface area (TPSA) is 32.7 Å². The highest BCUT2D eigenvalue weighted by Crippen LogP contribution is 2.35. The zero-order valence-corrected chi connectivity index (χ0v) is 14.5. The summed E-state index contributed by atoms with van der Waals surface area (Å²) in [4.78, 5) is 2.43. The maximum Gasteiger partial charge on any atom is 0.0900 e. The lowest BCUT2D eigenvalue weighted by molar-refractivity contribution is -0.00648. The van der Waals surface area contributed by atoms with Crippen LogP contribution in [0, 0.1) is 11.8 Å². The van der Waals surface area contributed by atoms with Crippen LogP contribution in [0.3, 0.4) is 0 Å². The van der Waals surface area contributed by atoms with Gasteiger partial charge in [-0.3, -0.25) is 0 Å². The summed E-state index contributed by atoms with van der Waals surface area (Å²) in [7, 11) is 0. The highest BCUT2D eigenvalue weighted by Gasteiger charge is 2.31. The minimum Gasteiger partial charge on any atom is -0.389 e. The predicted molar refractivity (Wildman–Crippen MR) is 93.6 cm³/mol. The van der Waals surface area contributed by atoms with Gasteiger partial charge >= 0.3 is 0 Å². The first-order chi connectivity index (χ1) is 11.2. The molecule has 0 unspecified atom stereocenters. The van der Waals surface area contributed by atoms with Crippen molar-refractivity contribution in [2.24, 2.45) is 11.8 Å². The van der Waals surface area contributed by atoms with Crippen molar-refractivity contribution in [3.05, 3.63) is 34.9 Å². The number of nitrogens with zero attached hydrogens (tertiary/aromatic N) is 1. The highest BCUT2D eigenvalue weighted by atomic mass is 35.5. The number of β-amino-alcohol motifs (C(OH)–C–C–N with tert-alkyl or cyclic N) is 1. The van der Waals surface area contributed by atoms with E-state index in [1.165, 1.54) is 32.1 Å². The summed E-state index contributed by atoms with van der Waals surface area (Å²) < 4.78 is 5.65. The third kappa shape index (κ3) is 4.93. The summed E-state index contributed by atoms with van der Waals surface area (Å²) in [6.07, 6.45) is 6.48. The number of fused-ring (bicyclic) bond motifs is 1. The molecule has 3 atom stereocenters. The number of ether oxygens (including phenoxy) is 1. The maximum atomic E-state index is 10.2. The van der Waals surface area contributed by atoms with E-state index in [1.54, 1.807) is 0 Å². The van der Waals surface area contributed by atoms with Crippen molar-refractivity contribution >= 4 is 11.6 Å². The van der Waals surface area contributed by atoms with Gasteiger partial charge in [0.1, 0.15) is 0 Å². The number of hydrogen-bond donors (Lipinski definition) is 1. The molecule has 4 heteroatoms. The van der Waals surface area contributed by atoms with Crippen LogP contribution in [0.2, 0.25) is 5.02 Å². The van der Waals surface area contributed by atoms with Gasteiger partial charge in [0.05, 0.1) is 19.3 Å². The standard InChI is InChI=1S/C19H28ClNO2/c20-19-8-4-3-7-17(19)13-23-14-18(22)12-21-10-9-15-5-1-2-6-16(15)11-21/h3-4,7-8,15-16,18,22H,1-2,5-6,9-14H2/t15-,16-,18+/m1/s1. The summed E-state index contributed by atoms with van der Waals surface area (Å²) in [6.45, 7) is 3.85. The third-order valence-electron chi connectivity index (χ3n) is 5.37. The average Bonchev–Trinajstić information content (AvgIpc) is 2.56. The van der Waals surface area contributed by atoms with Gasteiger partial charge in [0.2, 0.25) is 0 Å². The SMILES string of the molecule is O[C@H](COCc1ccccc1Cl)CN1CC[C@H]2CCCC[C@@H]2C1. The molecule has 1 aromatic carbocycles. The smallest absolute Gasteiger partial charge is 0.0900 e. The van der Waals surface area contributed by atoms with Crippen LogP contribution in [0.15, 0.2) is 24.3 Å². The molecular formula is C19H28ClNO2. The minimum absolute atomic E-state index is 0.371. The molecule has 1 saturated heterocycles. The van der Waals surface area contributed by atoms with Crippen molar-refractivity contribution in [1.29, 1.82) is 0 Å². The van der Waals surface area contributed by atoms with Gasteiger partial charge in [0.25, 0.3) is 0 Å². The van der Waals surface area contributed by atoms with Crippen molar-refractivity contribution in [1.82, 2.24) is 4.90 Å². The fraction of sp³-hybridized carbons (Fsp3) is 0.684. The van der Waals surface area contributed by atoms with E-state index in [-0.39, 0.29) is 0 Å². The molecule has 128 valence electrons. The Hall–Kier alpha value is -0.610. The normalized spacial score (nSPS) is 26.7. The van der Waals surface area contributed by atoms with Crippen LogP contribution >= 0.6 is 11.6 Å². The maximum absolute atomic E-state index is 10.2. The molecule has 3 nitrogen and oxygen atoms in total. The number of aliphatic hydroxyl groups is 1. The fourth-order valence-corrected chi connectivity index (χ4v) is 4.30. The second kappa shape index (κ2) is 8.48. The third-order valence-corrected chi connectivity index (χ3v) is 5.74. The van der Waals surface area contributed by atoms with Gasteiger partial charge in [0, 0.05) is 18.1 Å². The average molecular weight is 338 g/mol. The summed E-state index contributed by atoms with van der Waals surface area (Å²) in [6, 6.07) is 7.69. The van der Waals surface area contributed by atoms with E-state index in [0.29, 0.717) is 13.2 Å². The Morgan fingerprint density at radius 3 is 2.78 bits per heavy atom. The van der Waals surface area contributed by atoms with E-state index in [9.17, 15) is 5.11 Å². The van der Waals surface area contributed by atoms with Gasteiger partial charge in [-0.25, -0.2) is 0 Å². The second-order valence-electron chi connectivity index (χ2n) is 7.11. The molecule has 1 aromatic rings. The number of likely N-dealkylation sites (tertiary alicyclic amines) is 1. The molecule has 0 spiro atoms. The molecule has 0 bridgehead atoms. The van der Waals surface area contributed by atoms with E-state index < -0.39 is 6.10 Å². The zero-order valence-electron chi connectivity index (χ0n) is 13.8. The van der Waals surface area contributed by atoms with Gasteiger partial charge in [-0.1, -0.05) is 49.1 Å². The Kier molecular flexibility index (Phi) is 6.35. The molecule has 3 rings (SSSR count). The number of aliphatic hydroxyl groups excluding tert-OH is 1. The largest absolute Gasteiger partial charge is 0.389 e. The Balaban J connectivity index is 1.38. The molecule has 1 N–H and O–H groups in total. The van der Waals surface area contributed by atoms with Crippen LogP contribution in [-0.4, -0.2) is 42.4 Å². The van der Waals surface area contributed by atoms with Crippen molar-refractivity contribution < 1.29 is 9.84 Å². The first-order valence-electron chi connectivity index (χ1n) is 8.94. The van der Waals surface area contributed by atoms with E-state index in [1.807, 2.05) is 24.3 Å². The summed E-state index contributed by atoms with van der Waals surface area (Å²) in [5.41, 5.74) is 0.976. The number of hydrogen-bond acceptors (Lipinski definition) is 3. The number of halogens is 1. The van der Waals surface area contributed by atoms with Crippen LogP contribution in [-0.2, 0) is 11.3 Å². The van der Waals surface area contributed by atoms with Crippen LogP contribution in [0.5, 0.6) is 0 Å². The Labute approximate surface area is 144 Å². The molecule has 2 fully saturated rings. The number of benzene rings is 1. The van der Waals surface area contributed by atoms with Crippen molar-refractivity contribution in [2.75, 3.05) is 26.2 Å². The zero-order chi connectivity index (χ0) is 16.1. The first-order valence-corrected chi connectivity index (χ1v) is 9.31. The minimum atomic E-state index is -0.419. The Morgan fingerprint density at radius 2 is 1.96 bits per heavy atom. The second-order valence-corrected chi connectivity index (χ2v) is 7.52. The molecule has 1 heterocycles. The van der Waals surface area contributed by atoms with Gasteiger partial charge < -0.3 is 14.7 Å². The monoisotopic (exact) mass is 337 g/mol. The fourth-order valence-electron chi connectivity index (χ4n) is 4.11. The molecule has 0 amide bonds. The molecule has 1 aliphatic heterocycles. The summed E-state index contributed by atoms with van der Waals surface area (Å²) >= 11 is 6.11. The van der Waals surface area contributed by atoms with Gasteiger partial charge in [-0.15, -0.1) is 0 Å². The van der Waals surface area contributed by atoms with Crippen LogP contribution in [0.4, 0.5) is 0 Å². The van der Waals surface area contributed by atoms with Crippen molar-refractivity contribution in [2.45, 2.75) is 44.8 Å². The number of rotatable bonds is 6. The molecule has 1 aliphatic carbocycles. The Bertz CT molecular complexity index is 496. The molecule has 0 aromatic heterocycles. The van der Waals surface area contributed by atoms with Crippen molar-refractivity contribution in [3.8, 4) is 0 Å². The quantitative estimate of drug-likeness (QED) is 0.858. The van der Waals surface area contributed by atoms with Crippen LogP contribution < -0.4 is 0 Å². The van der Waals surface area contributed by atoms with E-state index in [4.69, 9.17) is 16.3 Å². The highest BCUT2D eigenvalue weighted by molar-refractivity contribution is 6.31. The van der Waals surface area contributed by atoms with Crippen LogP contribution in [0.1, 0.15) is 37.7 Å². The summed E-state index contributed by atoms with van der Waals surface area (Å²) in [5.74, 6) is 1.79. The lowest BCUT2D eigenvalue weighted by Gasteiger charge is -2.41. The lowest BCUT2D eigenvalue weighted by Crippen LogP contribution is -2.45. The molecule has 2 aliphatic rings. The van der Waals surface area contributed by atoms with Crippen LogP contribution in [0.25, 0.3) is 0 Å². The molecule has 1 saturated carbocycles. The van der Waals surface area contributed by atoms with E-state index in [2.05, 4.69) is 4.90 Å². The number of piperidine rings is 1. The molecule has 23 heavy (non-hydrogen) atoms. The summed E-state index contributed by atoms with van der Waals surface area (Å²) in [5, 5.41) is 11.0. The first kappa shape index (κ1) is 17.2. The van der Waals surface area contributed by atoms with Gasteiger partial charge in [0.15, 0.2) is 0 Å². The molecular weight excluding hydrogens is 310 g/mol. The van der Waals surface area contributed by atoms with E-state index >= 15 is 0 Å². The molecule has 0 radical (unpaired) electrons. The van der Waals surface area contributed by atoms with E-state index in [0.717, 1.165) is 42.1 Å². The van der Waals surface area contributed by atoms with Crippen molar-refractivity contribution in [3.63, 3.8) is 0 Å². The Morgan fingerprint density at radius 1 is 1.17 bits per heavy atom. The van der Waals surface area contributed by atoms with Gasteiger partial charge in [-0.2, -0.15) is 0 Å². The lowest BCUT2D eigenvalue weighted by atomic mass is 9.75.